The van der Waals surface area contributed by atoms with Gasteiger partial charge in [0.1, 0.15) is 90.0 Å². The number of unbranched alkanes of at least 4 members (excludes halogenated alkanes) is 2. The topological polar surface area (TPSA) is 890 Å². The van der Waals surface area contributed by atoms with Gasteiger partial charge in [0.2, 0.25) is 76.8 Å². The number of amides is 15. The van der Waals surface area contributed by atoms with Crippen LogP contribution in [0.2, 0.25) is 0 Å². The molecule has 2 saturated heterocycles. The molecule has 4 aromatic carbocycles. The predicted octanol–water partition coefficient (Wildman–Crippen LogP) is -5.57. The van der Waals surface area contributed by atoms with E-state index in [4.69, 9.17) is 78.6 Å². The summed E-state index contributed by atoms with van der Waals surface area (Å²) in [5.41, 5.74) is 54.4. The summed E-state index contributed by atoms with van der Waals surface area (Å²) >= 11 is 0. The normalized spacial score (nSPS) is 20.0. The highest BCUT2D eigenvalue weighted by molar-refractivity contribution is 8.76. The third kappa shape index (κ3) is 44.8. The van der Waals surface area contributed by atoms with E-state index in [0.717, 1.165) is 32.7 Å². The third-order valence-corrected chi connectivity index (χ3v) is 25.8. The number of nitrogens with two attached hydrogens (primary N) is 9. The molecule has 44 N–H and O–H groups in total. The number of carbonyl (C=O) groups excluding carboxylic acids is 14. The van der Waals surface area contributed by atoms with E-state index in [1.165, 1.54) is 53.4 Å². The van der Waals surface area contributed by atoms with Gasteiger partial charge in [-0.1, -0.05) is 100 Å². The molecule has 14 atom stereocenters. The van der Waals surface area contributed by atoms with Crippen LogP contribution in [0.1, 0.15) is 145 Å². The number of carboxylic acid groups (broad SMARTS) is 1. The number of carboxylic acids is 1. The molecule has 2 fully saturated rings. The lowest BCUT2D eigenvalue weighted by atomic mass is 9.99. The standard InChI is InChI=1S/C92H143N33O18S2/c93-38-6-4-18-60-76(131)118-65(19-5-7-39-94)85(140)125-46-14-25-72(125)84(139)122-69(49-54-30-36-58(127)37-31-54)80(135)117-63(22-11-43-110-90(102)103)75(130)115-64(23-12-45-112-92(106)143)78(133)123-70(82(137)119-66(86(141)142)24-13-44-111-91(104)105)50-144-145-51-71(83(138)121-67(48-53-28-34-57(126)35-29-53)79(134)116-62(74(129)114-60)21-10-42-109-89(100)101)124-81(136)68(47-52-26-32-56(33-27-52)55-15-2-1-3-16-55)120-77(132)61(20-9-41-108-88(98)99)113-73(128)59(95)17-8-40-107-87(96)97/h1-3,15-16,26-37,59-72,126-127H,4-14,17-25,38-51,93-95H2,(H,113,128)(H,114,129)(H,115,130)(H,116,134)(H,117,135)(H,118,131)(H,119,137)(H,120,132)(H,121,138)(H,122,139)(H,123,133)(H,124,136)(H,141,142)(H4,96,97,107)(H4,98,99,108)(H4,100,101,109)(H4,102,103,110)(H4,104,105,111)(H3,106,112,143)/t59-,60-,61-,62-,63-,64-,65+,66-,67-,68-,69-,70-,71-,72-/m0/s1. The number of primary amides is 1. The third-order valence-electron chi connectivity index (χ3n) is 23.4. The Morgan fingerprint density at radius 2 is 0.786 bits per heavy atom. The van der Waals surface area contributed by atoms with Gasteiger partial charge in [-0.05, 0) is 194 Å². The lowest BCUT2D eigenvalue weighted by molar-refractivity contribution is -0.142. The lowest BCUT2D eigenvalue weighted by Gasteiger charge is -2.31. The van der Waals surface area contributed by atoms with Crippen LogP contribution < -0.4 is 147 Å². The largest absolute Gasteiger partial charge is 0.508 e. The summed E-state index contributed by atoms with van der Waals surface area (Å²) in [7, 11) is 1.47. The Kier molecular flexibility index (Phi) is 52.5. The summed E-state index contributed by atoms with van der Waals surface area (Å²) in [5, 5.41) is 118. The van der Waals surface area contributed by atoms with Crippen LogP contribution in [0.25, 0.3) is 11.1 Å². The number of nitrogens with zero attached hydrogens (tertiary/aromatic N) is 1. The molecule has 53 heteroatoms. The maximum atomic E-state index is 16.1. The summed E-state index contributed by atoms with van der Waals surface area (Å²) in [6.07, 6.45) is -1.45. The molecule has 6 rings (SSSR count). The zero-order valence-electron chi connectivity index (χ0n) is 80.9. The Bertz CT molecular complexity index is 4980. The Morgan fingerprint density at radius 1 is 0.400 bits per heavy atom. The molecule has 51 nitrogen and oxygen atoms in total. The summed E-state index contributed by atoms with van der Waals surface area (Å²) in [5.74, 6) is -18.5. The quantitative estimate of drug-likeness (QED) is 0.00849. The molecular formula is C92H143N33O18S2. The minimum Gasteiger partial charge on any atom is -0.508 e. The van der Waals surface area contributed by atoms with Crippen LogP contribution in [0.3, 0.4) is 0 Å². The van der Waals surface area contributed by atoms with Crippen LogP contribution in [-0.4, -0.2) is 294 Å². The number of urea groups is 1. The number of aromatic hydroxyl groups is 2. The highest BCUT2D eigenvalue weighted by atomic mass is 33.1. The average Bonchev–Trinajstić information content (AvgIpc) is 1.70. The number of aliphatic carboxylic acids is 1. The minimum absolute atomic E-state index is 0.0101. The van der Waals surface area contributed by atoms with Crippen molar-refractivity contribution in [2.75, 3.05) is 70.4 Å². The fraction of sp³-hybridized carbons (Fsp3) is 0.522. The van der Waals surface area contributed by atoms with Crippen molar-refractivity contribution in [3.63, 3.8) is 0 Å². The molecular weight excluding hydrogens is 1920 g/mol. The number of guanidine groups is 5. The second-order valence-corrected chi connectivity index (χ2v) is 37.4. The first-order chi connectivity index (χ1) is 69.2. The van der Waals surface area contributed by atoms with Gasteiger partial charge in [0, 0.05) is 76.6 Å². The number of hydrogen-bond acceptors (Lipinski definition) is 27. The van der Waals surface area contributed by atoms with Crippen molar-refractivity contribution in [3.05, 3.63) is 120 Å². The predicted molar refractivity (Wildman–Crippen MR) is 546 cm³/mol. The van der Waals surface area contributed by atoms with Gasteiger partial charge in [-0.15, -0.1) is 0 Å². The van der Waals surface area contributed by atoms with E-state index >= 15 is 57.5 Å². The number of fused-ring (bicyclic) bond motifs is 1. The molecule has 4 aromatic rings. The van der Waals surface area contributed by atoms with Crippen LogP contribution in [-0.2, 0) is 86.4 Å². The van der Waals surface area contributed by atoms with Crippen molar-refractivity contribution in [1.29, 1.82) is 27.0 Å². The molecule has 0 unspecified atom stereocenters. The number of benzene rings is 4. The molecule has 0 radical (unpaired) electrons. The molecule has 0 aromatic heterocycles. The van der Waals surface area contributed by atoms with Crippen molar-refractivity contribution >= 4 is 140 Å². The molecule has 2 aliphatic heterocycles. The van der Waals surface area contributed by atoms with Crippen molar-refractivity contribution in [2.24, 2.45) is 51.6 Å². The van der Waals surface area contributed by atoms with E-state index in [1.807, 2.05) is 30.3 Å². The first-order valence-electron chi connectivity index (χ1n) is 47.9. The molecule has 0 bridgehead atoms. The van der Waals surface area contributed by atoms with Gasteiger partial charge in [-0.3, -0.25) is 89.4 Å². The van der Waals surface area contributed by atoms with Crippen LogP contribution in [0.4, 0.5) is 4.79 Å². The summed E-state index contributed by atoms with van der Waals surface area (Å²) in [4.78, 5) is 226. The van der Waals surface area contributed by atoms with Crippen molar-refractivity contribution in [1.82, 2.24) is 101 Å². The Balaban J connectivity index is 1.62. The zero-order valence-corrected chi connectivity index (χ0v) is 82.5. The van der Waals surface area contributed by atoms with Gasteiger partial charge < -0.3 is 168 Å². The van der Waals surface area contributed by atoms with E-state index in [9.17, 15) is 29.7 Å². The molecule has 15 amide bonds. The van der Waals surface area contributed by atoms with Crippen LogP contribution >= 0.6 is 21.6 Å². The van der Waals surface area contributed by atoms with E-state index in [-0.39, 0.29) is 204 Å². The number of phenolic OH excluding ortho intramolecular Hbond substituents is 2. The van der Waals surface area contributed by atoms with E-state index in [1.54, 1.807) is 24.3 Å². The average molecular weight is 2060 g/mol. The zero-order chi connectivity index (χ0) is 106. The lowest BCUT2D eigenvalue weighted by Crippen LogP contribution is -2.61. The van der Waals surface area contributed by atoms with E-state index < -0.39 is 222 Å². The monoisotopic (exact) mass is 2060 g/mol. The Morgan fingerprint density at radius 3 is 1.25 bits per heavy atom. The molecule has 0 saturated carbocycles. The number of hydrogen-bond donors (Lipinski definition) is 35. The number of nitrogens with one attached hydrogen (secondary N) is 23. The SMILES string of the molecule is N=C(N)NCCC[C@H](NC(=O)[C@@H]1CSSC[C@H](NC(=O)[C@H](Cc2ccc(-c3ccccc3)cc2)NC(=O)[C@H](CCCNC(=N)N)NC(=O)[C@@H](N)CCCNC(=N)N)C(=O)N[C@@H](Cc2ccc(O)cc2)C(=O)N[C@@H](CCCNC(=N)N)C(=O)N[C@@H](CCCCN)C(=O)N[C@H](CCCCN)C(=O)N2CCC[C@H]2C(=O)N[C@@H](Cc2ccc(O)cc2)C(=O)N[C@@H](CCCNC(=N)N)C(=O)N[C@@H](CCCNC(N)=O)C(=O)N1)C(=O)O. The number of phenols is 2. The Labute approximate surface area is 847 Å². The van der Waals surface area contributed by atoms with Crippen LogP contribution in [0.5, 0.6) is 11.5 Å². The van der Waals surface area contributed by atoms with Gasteiger partial charge in [-0.2, -0.15) is 0 Å². The fourth-order valence-corrected chi connectivity index (χ4v) is 17.9. The molecule has 796 valence electrons. The second kappa shape index (κ2) is 64.0. The van der Waals surface area contributed by atoms with Crippen molar-refractivity contribution in [2.45, 2.75) is 232 Å². The molecule has 145 heavy (non-hydrogen) atoms. The van der Waals surface area contributed by atoms with Gasteiger partial charge in [-0.25, -0.2) is 9.59 Å². The Hall–Kier alpha value is -14.7. The molecule has 0 aliphatic carbocycles. The van der Waals surface area contributed by atoms with Crippen LogP contribution in [0.15, 0.2) is 103 Å². The maximum absolute atomic E-state index is 16.1. The van der Waals surface area contributed by atoms with Gasteiger partial charge >= 0.3 is 12.0 Å². The summed E-state index contributed by atoms with van der Waals surface area (Å²) < 4.78 is 0. The van der Waals surface area contributed by atoms with Crippen LogP contribution in [0, 0.1) is 27.0 Å². The van der Waals surface area contributed by atoms with Crippen molar-refractivity contribution in [3.8, 4) is 22.6 Å². The second-order valence-electron chi connectivity index (χ2n) is 34.9. The van der Waals surface area contributed by atoms with E-state index in [0.29, 0.717) is 24.0 Å². The molecule has 2 heterocycles. The first kappa shape index (κ1) is 119. The highest BCUT2D eigenvalue weighted by Gasteiger charge is 2.43. The highest BCUT2D eigenvalue weighted by Crippen LogP contribution is 2.27. The van der Waals surface area contributed by atoms with Gasteiger partial charge in [0.15, 0.2) is 29.8 Å². The first-order valence-corrected chi connectivity index (χ1v) is 50.4. The minimum atomic E-state index is -1.91. The molecule has 0 spiro atoms. The number of rotatable bonds is 48. The van der Waals surface area contributed by atoms with E-state index in [2.05, 4.69) is 95.7 Å². The van der Waals surface area contributed by atoms with Gasteiger partial charge in [0.05, 0.1) is 6.04 Å². The summed E-state index contributed by atoms with van der Waals surface area (Å²) in [6.45, 7) is -0.0575. The smallest absolute Gasteiger partial charge is 0.326 e. The molecule has 2 aliphatic rings. The fourth-order valence-electron chi connectivity index (χ4n) is 15.6. The number of carbonyl (C=O) groups is 15. The van der Waals surface area contributed by atoms with Crippen molar-refractivity contribution < 1.29 is 87.2 Å². The maximum Gasteiger partial charge on any atom is 0.326 e. The van der Waals surface area contributed by atoms with Gasteiger partial charge in [0.25, 0.3) is 0 Å². The summed E-state index contributed by atoms with van der Waals surface area (Å²) in [6, 6.07) is 3.16.